The highest BCUT2D eigenvalue weighted by Crippen LogP contribution is 2.23. The third-order valence-corrected chi connectivity index (χ3v) is 3.78. The maximum absolute atomic E-state index is 12.2. The van der Waals surface area contributed by atoms with Gasteiger partial charge in [0, 0.05) is 18.3 Å². The summed E-state index contributed by atoms with van der Waals surface area (Å²) < 4.78 is 0. The van der Waals surface area contributed by atoms with Crippen LogP contribution in [0.3, 0.4) is 0 Å². The number of hydrogen-bond donors (Lipinski definition) is 2. The molecule has 1 aliphatic rings. The van der Waals surface area contributed by atoms with Crippen molar-refractivity contribution in [2.24, 2.45) is 5.92 Å². The van der Waals surface area contributed by atoms with Crippen molar-refractivity contribution in [3.63, 3.8) is 0 Å². The second-order valence-corrected chi connectivity index (χ2v) is 5.48. The topological polar surface area (TPSA) is 69.6 Å². The summed E-state index contributed by atoms with van der Waals surface area (Å²) in [6.45, 7) is 5.03. The van der Waals surface area contributed by atoms with Gasteiger partial charge < -0.3 is 15.3 Å². The van der Waals surface area contributed by atoms with E-state index in [0.717, 1.165) is 19.4 Å². The fourth-order valence-corrected chi connectivity index (χ4v) is 2.60. The molecule has 1 saturated heterocycles. The highest BCUT2D eigenvalue weighted by Gasteiger charge is 2.26. The quantitative estimate of drug-likeness (QED) is 0.872. The van der Waals surface area contributed by atoms with E-state index in [-0.39, 0.29) is 17.6 Å². The molecule has 2 amide bonds. The van der Waals surface area contributed by atoms with Gasteiger partial charge in [0.1, 0.15) is 0 Å². The first kappa shape index (κ1) is 14.4. The molecular formula is C15H20N2O3. The van der Waals surface area contributed by atoms with Crippen LogP contribution in [0.15, 0.2) is 24.3 Å². The Morgan fingerprint density at radius 3 is 2.45 bits per heavy atom. The number of rotatable bonds is 2. The SMILES string of the molecule is CC1CCN(C(=O)Nc2ccc(C(=O)O)cc2)C(C)C1. The number of amides is 2. The highest BCUT2D eigenvalue weighted by atomic mass is 16.4. The van der Waals surface area contributed by atoms with Crippen LogP contribution in [-0.2, 0) is 0 Å². The Morgan fingerprint density at radius 1 is 1.25 bits per heavy atom. The predicted molar refractivity (Wildman–Crippen MR) is 77.0 cm³/mol. The zero-order chi connectivity index (χ0) is 14.7. The number of carboxylic acid groups (broad SMARTS) is 1. The monoisotopic (exact) mass is 276 g/mol. The standard InChI is InChI=1S/C15H20N2O3/c1-10-7-8-17(11(2)9-10)15(20)16-13-5-3-12(4-6-13)14(18)19/h3-6,10-11H,7-9H2,1-2H3,(H,16,20)(H,18,19). The number of carbonyl (C=O) groups excluding carboxylic acids is 1. The summed E-state index contributed by atoms with van der Waals surface area (Å²) in [5.74, 6) is -0.314. The Balaban J connectivity index is 1.99. The molecule has 0 spiro atoms. The zero-order valence-electron chi connectivity index (χ0n) is 11.8. The summed E-state index contributed by atoms with van der Waals surface area (Å²) >= 11 is 0. The molecule has 1 fully saturated rings. The summed E-state index contributed by atoms with van der Waals surface area (Å²) in [7, 11) is 0. The van der Waals surface area contributed by atoms with E-state index >= 15 is 0 Å². The largest absolute Gasteiger partial charge is 0.478 e. The molecule has 2 N–H and O–H groups in total. The number of anilines is 1. The van der Waals surface area contributed by atoms with Crippen molar-refractivity contribution in [1.29, 1.82) is 0 Å². The third kappa shape index (κ3) is 3.29. The fraction of sp³-hybridized carbons (Fsp3) is 0.467. The molecule has 1 heterocycles. The van der Waals surface area contributed by atoms with E-state index < -0.39 is 5.97 Å². The highest BCUT2D eigenvalue weighted by molar-refractivity contribution is 5.91. The van der Waals surface area contributed by atoms with Crippen molar-refractivity contribution < 1.29 is 14.7 Å². The lowest BCUT2D eigenvalue weighted by Crippen LogP contribution is -2.46. The first-order chi connectivity index (χ1) is 9.47. The van der Waals surface area contributed by atoms with Gasteiger partial charge in [-0.3, -0.25) is 0 Å². The predicted octanol–water partition coefficient (Wildman–Crippen LogP) is 3.04. The lowest BCUT2D eigenvalue weighted by Gasteiger charge is -2.36. The van der Waals surface area contributed by atoms with Gasteiger partial charge in [-0.05, 0) is 49.9 Å². The number of urea groups is 1. The third-order valence-electron chi connectivity index (χ3n) is 3.78. The van der Waals surface area contributed by atoms with E-state index in [4.69, 9.17) is 5.11 Å². The molecule has 0 aliphatic carbocycles. The normalized spacial score (nSPS) is 22.4. The van der Waals surface area contributed by atoms with Gasteiger partial charge in [0.05, 0.1) is 5.56 Å². The number of carbonyl (C=O) groups is 2. The van der Waals surface area contributed by atoms with Gasteiger partial charge in [-0.1, -0.05) is 6.92 Å². The maximum Gasteiger partial charge on any atom is 0.335 e. The molecule has 1 aromatic rings. The van der Waals surface area contributed by atoms with Crippen LogP contribution in [0.4, 0.5) is 10.5 Å². The van der Waals surface area contributed by atoms with E-state index in [1.165, 1.54) is 12.1 Å². The van der Waals surface area contributed by atoms with Gasteiger partial charge >= 0.3 is 12.0 Å². The summed E-state index contributed by atoms with van der Waals surface area (Å²) in [5, 5.41) is 11.6. The minimum atomic E-state index is -0.971. The Bertz CT molecular complexity index is 498. The van der Waals surface area contributed by atoms with Gasteiger partial charge in [0.15, 0.2) is 0 Å². The average molecular weight is 276 g/mol. The first-order valence-corrected chi connectivity index (χ1v) is 6.88. The molecule has 2 unspecified atom stereocenters. The van der Waals surface area contributed by atoms with Crippen LogP contribution in [0.1, 0.15) is 37.0 Å². The molecule has 0 saturated carbocycles. The summed E-state index contributed by atoms with van der Waals surface area (Å²) in [4.78, 5) is 24.8. The molecule has 1 aromatic carbocycles. The van der Waals surface area contributed by atoms with Crippen LogP contribution in [0.5, 0.6) is 0 Å². The molecular weight excluding hydrogens is 256 g/mol. The summed E-state index contributed by atoms with van der Waals surface area (Å²) in [6, 6.07) is 6.31. The van der Waals surface area contributed by atoms with Crippen molar-refractivity contribution in [3.8, 4) is 0 Å². The molecule has 0 aromatic heterocycles. The Morgan fingerprint density at radius 2 is 1.90 bits per heavy atom. The number of benzene rings is 1. The lowest BCUT2D eigenvalue weighted by molar-refractivity contribution is 0.0697. The van der Waals surface area contributed by atoms with Crippen molar-refractivity contribution >= 4 is 17.7 Å². The van der Waals surface area contributed by atoms with E-state index in [1.807, 2.05) is 4.90 Å². The molecule has 20 heavy (non-hydrogen) atoms. The molecule has 108 valence electrons. The number of carboxylic acids is 1. The zero-order valence-corrected chi connectivity index (χ0v) is 11.8. The molecule has 0 bridgehead atoms. The number of piperidine rings is 1. The van der Waals surface area contributed by atoms with E-state index in [1.54, 1.807) is 12.1 Å². The van der Waals surface area contributed by atoms with Crippen LogP contribution in [-0.4, -0.2) is 34.6 Å². The van der Waals surface area contributed by atoms with Crippen molar-refractivity contribution in [1.82, 2.24) is 4.90 Å². The minimum Gasteiger partial charge on any atom is -0.478 e. The molecule has 2 atom stereocenters. The van der Waals surface area contributed by atoms with E-state index in [9.17, 15) is 9.59 Å². The van der Waals surface area contributed by atoms with Gasteiger partial charge in [-0.2, -0.15) is 0 Å². The maximum atomic E-state index is 12.2. The van der Waals surface area contributed by atoms with Gasteiger partial charge in [0.2, 0.25) is 0 Å². The minimum absolute atomic E-state index is 0.118. The van der Waals surface area contributed by atoms with Crippen LogP contribution < -0.4 is 5.32 Å². The van der Waals surface area contributed by atoms with Crippen LogP contribution in [0.2, 0.25) is 0 Å². The second kappa shape index (κ2) is 5.94. The number of hydrogen-bond acceptors (Lipinski definition) is 2. The van der Waals surface area contributed by atoms with Crippen molar-refractivity contribution in [2.45, 2.75) is 32.7 Å². The van der Waals surface area contributed by atoms with Crippen LogP contribution in [0.25, 0.3) is 0 Å². The average Bonchev–Trinajstić information content (AvgIpc) is 2.39. The van der Waals surface area contributed by atoms with Crippen molar-refractivity contribution in [2.75, 3.05) is 11.9 Å². The molecule has 0 radical (unpaired) electrons. The van der Waals surface area contributed by atoms with Gasteiger partial charge in [-0.15, -0.1) is 0 Å². The van der Waals surface area contributed by atoms with Gasteiger partial charge in [-0.25, -0.2) is 9.59 Å². The molecule has 2 rings (SSSR count). The van der Waals surface area contributed by atoms with Crippen molar-refractivity contribution in [3.05, 3.63) is 29.8 Å². The summed E-state index contributed by atoms with van der Waals surface area (Å²) in [5.41, 5.74) is 0.828. The fourth-order valence-electron chi connectivity index (χ4n) is 2.60. The number of nitrogens with one attached hydrogen (secondary N) is 1. The smallest absolute Gasteiger partial charge is 0.335 e. The van der Waals surface area contributed by atoms with Crippen LogP contribution >= 0.6 is 0 Å². The Labute approximate surface area is 118 Å². The Kier molecular flexibility index (Phi) is 4.27. The number of aromatic carboxylic acids is 1. The lowest BCUT2D eigenvalue weighted by atomic mass is 9.94. The number of likely N-dealkylation sites (tertiary alicyclic amines) is 1. The molecule has 5 nitrogen and oxygen atoms in total. The van der Waals surface area contributed by atoms with Crippen LogP contribution in [0, 0.1) is 5.92 Å². The molecule has 5 heteroatoms. The first-order valence-electron chi connectivity index (χ1n) is 6.88. The summed E-state index contributed by atoms with van der Waals surface area (Å²) in [6.07, 6.45) is 2.04. The number of nitrogens with zero attached hydrogens (tertiary/aromatic N) is 1. The Hall–Kier alpha value is -2.04. The molecule has 1 aliphatic heterocycles. The second-order valence-electron chi connectivity index (χ2n) is 5.48. The van der Waals surface area contributed by atoms with Gasteiger partial charge in [0.25, 0.3) is 0 Å². The van der Waals surface area contributed by atoms with E-state index in [2.05, 4.69) is 19.2 Å². The van der Waals surface area contributed by atoms with E-state index in [0.29, 0.717) is 11.6 Å².